The normalized spacial score (nSPS) is 22.4. The van der Waals surface area contributed by atoms with E-state index in [2.05, 4.69) is 25.7 Å². The summed E-state index contributed by atoms with van der Waals surface area (Å²) in [6.07, 6.45) is 5.56. The third-order valence-corrected chi connectivity index (χ3v) is 2.91. The van der Waals surface area contributed by atoms with Crippen LogP contribution >= 0.6 is 0 Å². The van der Waals surface area contributed by atoms with Crippen molar-refractivity contribution in [3.63, 3.8) is 0 Å². The van der Waals surface area contributed by atoms with E-state index in [4.69, 9.17) is 0 Å². The summed E-state index contributed by atoms with van der Waals surface area (Å²) < 4.78 is 0. The summed E-state index contributed by atoms with van der Waals surface area (Å²) >= 11 is 0. The quantitative estimate of drug-likeness (QED) is 0.663. The van der Waals surface area contributed by atoms with E-state index in [0.717, 1.165) is 19.4 Å². The van der Waals surface area contributed by atoms with Gasteiger partial charge in [0.15, 0.2) is 0 Å². The maximum absolute atomic E-state index is 11.6. The number of carbonyl (C=O) groups excluding carboxylic acids is 1. The van der Waals surface area contributed by atoms with Crippen molar-refractivity contribution in [2.75, 3.05) is 6.54 Å². The van der Waals surface area contributed by atoms with Gasteiger partial charge in [0.25, 0.3) is 0 Å². The molecule has 0 aromatic carbocycles. The second-order valence-electron chi connectivity index (χ2n) is 4.77. The molecule has 14 heavy (non-hydrogen) atoms. The van der Waals surface area contributed by atoms with Crippen LogP contribution in [0, 0.1) is 5.92 Å². The van der Waals surface area contributed by atoms with Crippen LogP contribution in [0.15, 0.2) is 0 Å². The number of likely N-dealkylation sites (tertiary alicyclic amines) is 1. The first kappa shape index (κ1) is 11.5. The van der Waals surface area contributed by atoms with Gasteiger partial charge in [-0.2, -0.15) is 0 Å². The minimum atomic E-state index is 0.375. The maximum atomic E-state index is 11.6. The lowest BCUT2D eigenvalue weighted by atomic mass is 10.1. The second kappa shape index (κ2) is 5.38. The summed E-state index contributed by atoms with van der Waals surface area (Å²) in [6, 6.07) is 0.546. The summed E-state index contributed by atoms with van der Waals surface area (Å²) in [4.78, 5) is 13.7. The Morgan fingerprint density at radius 1 is 1.50 bits per heavy atom. The monoisotopic (exact) mass is 197 g/mol. The number of unbranched alkanes of at least 4 members (excludes halogenated alkanes) is 1. The Morgan fingerprint density at radius 3 is 2.79 bits per heavy atom. The first-order valence-electron chi connectivity index (χ1n) is 5.94. The Balaban J connectivity index is 2.44. The van der Waals surface area contributed by atoms with E-state index < -0.39 is 0 Å². The van der Waals surface area contributed by atoms with Crippen molar-refractivity contribution in [2.24, 2.45) is 5.92 Å². The molecule has 2 nitrogen and oxygen atoms in total. The average Bonchev–Trinajstić information content (AvgIpc) is 2.45. The molecule has 0 aromatic heterocycles. The molecular weight excluding hydrogens is 174 g/mol. The summed E-state index contributed by atoms with van der Waals surface area (Å²) in [5.74, 6) is 0.973. The van der Waals surface area contributed by atoms with Gasteiger partial charge >= 0.3 is 0 Å². The Bertz CT molecular complexity index is 189. The zero-order valence-electron chi connectivity index (χ0n) is 9.75. The van der Waals surface area contributed by atoms with Gasteiger partial charge in [-0.15, -0.1) is 0 Å². The maximum Gasteiger partial charge on any atom is 0.222 e. The molecule has 0 bridgehead atoms. The molecule has 1 amide bonds. The van der Waals surface area contributed by atoms with E-state index >= 15 is 0 Å². The van der Waals surface area contributed by atoms with Crippen molar-refractivity contribution in [1.82, 2.24) is 4.90 Å². The summed E-state index contributed by atoms with van der Waals surface area (Å²) in [5.41, 5.74) is 0. The van der Waals surface area contributed by atoms with Crippen LogP contribution in [0.3, 0.4) is 0 Å². The van der Waals surface area contributed by atoms with Crippen LogP contribution in [0.5, 0.6) is 0 Å². The van der Waals surface area contributed by atoms with E-state index in [1.165, 1.54) is 19.3 Å². The highest BCUT2D eigenvalue weighted by Gasteiger charge is 2.30. The number of hydrogen-bond donors (Lipinski definition) is 0. The SMILES string of the molecule is CCCCC1CCC(=O)N1CC(C)C. The van der Waals surface area contributed by atoms with E-state index in [0.29, 0.717) is 17.9 Å². The molecule has 1 unspecified atom stereocenters. The zero-order chi connectivity index (χ0) is 10.6. The number of nitrogens with zero attached hydrogens (tertiary/aromatic N) is 1. The highest BCUT2D eigenvalue weighted by molar-refractivity contribution is 5.78. The van der Waals surface area contributed by atoms with Crippen molar-refractivity contribution in [2.45, 2.75) is 58.9 Å². The van der Waals surface area contributed by atoms with Gasteiger partial charge < -0.3 is 4.90 Å². The molecule has 1 atom stereocenters. The molecule has 82 valence electrons. The third kappa shape index (κ3) is 3.00. The average molecular weight is 197 g/mol. The smallest absolute Gasteiger partial charge is 0.222 e. The number of carbonyl (C=O) groups is 1. The highest BCUT2D eigenvalue weighted by Crippen LogP contribution is 2.23. The zero-order valence-corrected chi connectivity index (χ0v) is 9.75. The summed E-state index contributed by atoms with van der Waals surface area (Å²) in [6.45, 7) is 7.53. The van der Waals surface area contributed by atoms with Crippen LogP contribution in [-0.4, -0.2) is 23.4 Å². The molecule has 1 heterocycles. The molecule has 0 saturated carbocycles. The predicted molar refractivity (Wildman–Crippen MR) is 59.1 cm³/mol. The molecule has 2 heteroatoms. The highest BCUT2D eigenvalue weighted by atomic mass is 16.2. The Hall–Kier alpha value is -0.530. The van der Waals surface area contributed by atoms with E-state index in [1.807, 2.05) is 0 Å². The standard InChI is InChI=1S/C12H23NO/c1-4-5-6-11-7-8-12(14)13(11)9-10(2)3/h10-11H,4-9H2,1-3H3. The Kier molecular flexibility index (Phi) is 4.43. The number of amides is 1. The van der Waals surface area contributed by atoms with Gasteiger partial charge in [-0.1, -0.05) is 33.6 Å². The van der Waals surface area contributed by atoms with E-state index in [1.54, 1.807) is 0 Å². The van der Waals surface area contributed by atoms with Crippen molar-refractivity contribution >= 4 is 5.91 Å². The second-order valence-corrected chi connectivity index (χ2v) is 4.77. The van der Waals surface area contributed by atoms with Crippen LogP contribution in [0.1, 0.15) is 52.9 Å². The molecule has 0 aromatic rings. The van der Waals surface area contributed by atoms with Gasteiger partial charge in [0.1, 0.15) is 0 Å². The van der Waals surface area contributed by atoms with Gasteiger partial charge in [-0.25, -0.2) is 0 Å². The Morgan fingerprint density at radius 2 is 2.21 bits per heavy atom. The fourth-order valence-electron chi connectivity index (χ4n) is 2.18. The lowest BCUT2D eigenvalue weighted by Crippen LogP contribution is -2.35. The molecular formula is C12H23NO. The van der Waals surface area contributed by atoms with Crippen LogP contribution in [0.2, 0.25) is 0 Å². The first-order chi connectivity index (χ1) is 6.65. The van der Waals surface area contributed by atoms with Crippen LogP contribution < -0.4 is 0 Å². The molecule has 1 aliphatic rings. The van der Waals surface area contributed by atoms with Gasteiger partial charge in [0.2, 0.25) is 5.91 Å². The van der Waals surface area contributed by atoms with Crippen molar-refractivity contribution in [3.8, 4) is 0 Å². The van der Waals surface area contributed by atoms with Gasteiger partial charge in [0, 0.05) is 19.0 Å². The Labute approximate surface area is 87.7 Å². The van der Waals surface area contributed by atoms with Gasteiger partial charge in [-0.05, 0) is 18.8 Å². The van der Waals surface area contributed by atoms with Crippen LogP contribution in [0.4, 0.5) is 0 Å². The molecule has 0 spiro atoms. The van der Waals surface area contributed by atoms with Crippen molar-refractivity contribution < 1.29 is 4.79 Å². The number of hydrogen-bond acceptors (Lipinski definition) is 1. The molecule has 0 radical (unpaired) electrons. The first-order valence-corrected chi connectivity index (χ1v) is 5.94. The van der Waals surface area contributed by atoms with Crippen LogP contribution in [0.25, 0.3) is 0 Å². The van der Waals surface area contributed by atoms with E-state index in [9.17, 15) is 4.79 Å². The molecule has 1 rings (SSSR count). The fraction of sp³-hybridized carbons (Fsp3) is 0.917. The molecule has 1 fully saturated rings. The van der Waals surface area contributed by atoms with Crippen LogP contribution in [-0.2, 0) is 4.79 Å². The van der Waals surface area contributed by atoms with Crippen molar-refractivity contribution in [1.29, 1.82) is 0 Å². The molecule has 1 aliphatic heterocycles. The number of rotatable bonds is 5. The topological polar surface area (TPSA) is 20.3 Å². The minimum absolute atomic E-state index is 0.375. The minimum Gasteiger partial charge on any atom is -0.339 e. The predicted octanol–water partition coefficient (Wildman–Crippen LogP) is 2.82. The lowest BCUT2D eigenvalue weighted by molar-refractivity contribution is -0.129. The largest absolute Gasteiger partial charge is 0.339 e. The van der Waals surface area contributed by atoms with Gasteiger partial charge in [-0.3, -0.25) is 4.79 Å². The fourth-order valence-corrected chi connectivity index (χ4v) is 2.18. The summed E-state index contributed by atoms with van der Waals surface area (Å²) in [5, 5.41) is 0. The molecule has 0 aliphatic carbocycles. The summed E-state index contributed by atoms with van der Waals surface area (Å²) in [7, 11) is 0. The van der Waals surface area contributed by atoms with Gasteiger partial charge in [0.05, 0.1) is 0 Å². The lowest BCUT2D eigenvalue weighted by Gasteiger charge is -2.26. The molecule has 0 N–H and O–H groups in total. The third-order valence-electron chi connectivity index (χ3n) is 2.91. The van der Waals surface area contributed by atoms with E-state index in [-0.39, 0.29) is 0 Å². The molecule has 1 saturated heterocycles. The van der Waals surface area contributed by atoms with Crippen molar-refractivity contribution in [3.05, 3.63) is 0 Å².